The van der Waals surface area contributed by atoms with Crippen LogP contribution in [0.1, 0.15) is 18.9 Å². The number of benzene rings is 1. The zero-order valence-corrected chi connectivity index (χ0v) is 10.5. The van der Waals surface area contributed by atoms with Crippen molar-refractivity contribution >= 4 is 0 Å². The van der Waals surface area contributed by atoms with E-state index in [0.29, 0.717) is 6.54 Å². The third-order valence-corrected chi connectivity index (χ3v) is 3.78. The van der Waals surface area contributed by atoms with E-state index in [1.165, 1.54) is 12.1 Å². The van der Waals surface area contributed by atoms with Crippen molar-refractivity contribution in [3.8, 4) is 0 Å². The van der Waals surface area contributed by atoms with Crippen molar-refractivity contribution in [1.29, 1.82) is 0 Å². The predicted molar refractivity (Wildman–Crippen MR) is 66.6 cm³/mol. The highest BCUT2D eigenvalue weighted by molar-refractivity contribution is 5.20. The lowest BCUT2D eigenvalue weighted by molar-refractivity contribution is -0.0470. The van der Waals surface area contributed by atoms with Crippen LogP contribution in [0.3, 0.4) is 0 Å². The first-order valence-corrected chi connectivity index (χ1v) is 6.33. The van der Waals surface area contributed by atoms with Gasteiger partial charge >= 0.3 is 0 Å². The highest BCUT2D eigenvalue weighted by Crippen LogP contribution is 2.33. The Morgan fingerprint density at radius 3 is 2.61 bits per heavy atom. The fourth-order valence-corrected chi connectivity index (χ4v) is 2.61. The fraction of sp³-hybridized carbons (Fsp3) is 0.571. The fourth-order valence-electron chi connectivity index (χ4n) is 2.61. The Morgan fingerprint density at radius 2 is 2.00 bits per heavy atom. The molecule has 0 saturated carbocycles. The lowest BCUT2D eigenvalue weighted by atomic mass is 10.0. The summed E-state index contributed by atoms with van der Waals surface area (Å²) in [6, 6.07) is 7.74. The van der Waals surface area contributed by atoms with Gasteiger partial charge in [-0.1, -0.05) is 37.3 Å². The van der Waals surface area contributed by atoms with Gasteiger partial charge in [0.2, 0.25) is 0 Å². The first-order valence-electron chi connectivity index (χ1n) is 6.33. The lowest BCUT2D eigenvalue weighted by Crippen LogP contribution is -2.41. The summed E-state index contributed by atoms with van der Waals surface area (Å²) in [5.41, 5.74) is 0.0428. The Morgan fingerprint density at radius 1 is 1.33 bits per heavy atom. The number of nitrogens with zero attached hydrogens (tertiary/aromatic N) is 1. The quantitative estimate of drug-likeness (QED) is 0.893. The molecule has 0 radical (unpaired) electrons. The molecule has 1 heterocycles. The molecule has 0 aromatic heterocycles. The normalized spacial score (nSPS) is 25.6. The summed E-state index contributed by atoms with van der Waals surface area (Å²) >= 11 is 0. The Kier molecular flexibility index (Phi) is 3.97. The average Bonchev–Trinajstić information content (AvgIpc) is 2.70. The molecule has 0 aliphatic carbocycles. The number of hydrogen-bond donors (Lipinski definition) is 1. The van der Waals surface area contributed by atoms with Crippen molar-refractivity contribution in [2.75, 3.05) is 19.7 Å². The molecule has 1 aromatic rings. The second kappa shape index (κ2) is 5.33. The predicted octanol–water partition coefficient (Wildman–Crippen LogP) is 2.48. The number of halogens is 2. The van der Waals surface area contributed by atoms with Gasteiger partial charge in [-0.05, 0) is 18.9 Å². The Labute approximate surface area is 106 Å². The van der Waals surface area contributed by atoms with E-state index in [4.69, 9.17) is 0 Å². The molecule has 0 spiro atoms. The van der Waals surface area contributed by atoms with Gasteiger partial charge in [-0.2, -0.15) is 8.78 Å². The van der Waals surface area contributed by atoms with Gasteiger partial charge in [-0.15, -0.1) is 0 Å². The van der Waals surface area contributed by atoms with Crippen molar-refractivity contribution in [3.63, 3.8) is 0 Å². The lowest BCUT2D eigenvalue weighted by Gasteiger charge is -2.29. The van der Waals surface area contributed by atoms with Crippen LogP contribution in [0.25, 0.3) is 0 Å². The number of alkyl halides is 2. The molecule has 1 fully saturated rings. The molecule has 0 bridgehead atoms. The summed E-state index contributed by atoms with van der Waals surface area (Å²) in [6.45, 7) is 2.27. The van der Waals surface area contributed by atoms with Crippen LogP contribution in [0.4, 0.5) is 8.78 Å². The molecule has 1 aromatic carbocycles. The van der Waals surface area contributed by atoms with Gasteiger partial charge in [0, 0.05) is 11.6 Å². The smallest absolute Gasteiger partial charge is 0.285 e. The minimum Gasteiger partial charge on any atom is -0.395 e. The van der Waals surface area contributed by atoms with E-state index in [0.717, 1.165) is 6.42 Å². The SMILES string of the molecule is CC1CCN(CC(F)(F)c2ccccc2)C1CO. The molecule has 100 valence electrons. The number of hydrogen-bond acceptors (Lipinski definition) is 2. The molecule has 1 saturated heterocycles. The summed E-state index contributed by atoms with van der Waals surface area (Å²) < 4.78 is 28.2. The zero-order valence-electron chi connectivity index (χ0n) is 10.5. The average molecular weight is 255 g/mol. The maximum Gasteiger partial charge on any atom is 0.285 e. The molecular weight excluding hydrogens is 236 g/mol. The van der Waals surface area contributed by atoms with Crippen molar-refractivity contribution in [3.05, 3.63) is 35.9 Å². The van der Waals surface area contributed by atoms with Crippen LogP contribution in [0, 0.1) is 5.92 Å². The molecule has 1 aliphatic rings. The Bertz CT molecular complexity index is 383. The van der Waals surface area contributed by atoms with Crippen molar-refractivity contribution in [2.24, 2.45) is 5.92 Å². The van der Waals surface area contributed by atoms with Gasteiger partial charge in [0.05, 0.1) is 13.2 Å². The van der Waals surface area contributed by atoms with Gasteiger partial charge in [-0.25, -0.2) is 0 Å². The first kappa shape index (κ1) is 13.4. The van der Waals surface area contributed by atoms with Crippen molar-refractivity contribution in [2.45, 2.75) is 25.3 Å². The summed E-state index contributed by atoms with van der Waals surface area (Å²) in [4.78, 5) is 1.71. The van der Waals surface area contributed by atoms with E-state index in [2.05, 4.69) is 0 Å². The molecular formula is C14H19F2NO. The van der Waals surface area contributed by atoms with Crippen molar-refractivity contribution in [1.82, 2.24) is 4.90 Å². The highest BCUT2D eigenvalue weighted by atomic mass is 19.3. The number of aliphatic hydroxyl groups excluding tert-OH is 1. The maximum absolute atomic E-state index is 14.1. The van der Waals surface area contributed by atoms with Crippen LogP contribution >= 0.6 is 0 Å². The van der Waals surface area contributed by atoms with Crippen LogP contribution in [0.2, 0.25) is 0 Å². The second-order valence-corrected chi connectivity index (χ2v) is 5.06. The van der Waals surface area contributed by atoms with E-state index in [9.17, 15) is 13.9 Å². The van der Waals surface area contributed by atoms with E-state index < -0.39 is 5.92 Å². The largest absolute Gasteiger partial charge is 0.395 e. The van der Waals surface area contributed by atoms with Crippen LogP contribution in [0.5, 0.6) is 0 Å². The third kappa shape index (κ3) is 2.70. The maximum atomic E-state index is 14.1. The second-order valence-electron chi connectivity index (χ2n) is 5.06. The molecule has 0 amide bonds. The number of aliphatic hydroxyl groups is 1. The minimum absolute atomic E-state index is 0.0428. The minimum atomic E-state index is -2.86. The number of rotatable bonds is 4. The molecule has 2 nitrogen and oxygen atoms in total. The van der Waals surface area contributed by atoms with E-state index in [1.54, 1.807) is 23.1 Å². The molecule has 2 unspecified atom stereocenters. The Balaban J connectivity index is 2.09. The summed E-state index contributed by atoms with van der Waals surface area (Å²) in [5.74, 6) is -2.58. The van der Waals surface area contributed by atoms with Crippen molar-refractivity contribution < 1.29 is 13.9 Å². The van der Waals surface area contributed by atoms with Crippen LogP contribution < -0.4 is 0 Å². The summed E-state index contributed by atoms with van der Waals surface area (Å²) in [6.07, 6.45) is 0.871. The van der Waals surface area contributed by atoms with E-state index in [-0.39, 0.29) is 30.7 Å². The standard InChI is InChI=1S/C14H19F2NO/c1-11-7-8-17(13(11)9-18)10-14(15,16)12-5-3-2-4-6-12/h2-6,11,13,18H,7-10H2,1H3. The van der Waals surface area contributed by atoms with Gasteiger partial charge in [-0.3, -0.25) is 4.90 Å². The molecule has 1 N–H and O–H groups in total. The van der Waals surface area contributed by atoms with Crippen LogP contribution in [-0.4, -0.2) is 35.7 Å². The zero-order chi connectivity index (χ0) is 13.2. The highest BCUT2D eigenvalue weighted by Gasteiger charge is 2.39. The topological polar surface area (TPSA) is 23.5 Å². The first-order chi connectivity index (χ1) is 8.54. The summed E-state index contributed by atoms with van der Waals surface area (Å²) in [7, 11) is 0. The number of likely N-dealkylation sites (tertiary alicyclic amines) is 1. The van der Waals surface area contributed by atoms with Crippen LogP contribution in [0.15, 0.2) is 30.3 Å². The molecule has 2 rings (SSSR count). The monoisotopic (exact) mass is 255 g/mol. The van der Waals surface area contributed by atoms with Gasteiger partial charge in [0.15, 0.2) is 0 Å². The molecule has 4 heteroatoms. The third-order valence-electron chi connectivity index (χ3n) is 3.78. The van der Waals surface area contributed by atoms with Crippen LogP contribution in [-0.2, 0) is 5.92 Å². The van der Waals surface area contributed by atoms with Gasteiger partial charge in [0.1, 0.15) is 0 Å². The van der Waals surface area contributed by atoms with E-state index in [1.807, 2.05) is 6.92 Å². The van der Waals surface area contributed by atoms with Gasteiger partial charge < -0.3 is 5.11 Å². The molecule has 1 aliphatic heterocycles. The Hall–Kier alpha value is -1.00. The molecule has 18 heavy (non-hydrogen) atoms. The van der Waals surface area contributed by atoms with E-state index >= 15 is 0 Å². The van der Waals surface area contributed by atoms with Gasteiger partial charge in [0.25, 0.3) is 5.92 Å². The molecule has 2 atom stereocenters. The summed E-state index contributed by atoms with van der Waals surface area (Å²) in [5, 5.41) is 9.29.